The smallest absolute Gasteiger partial charge is 0.253 e. The molecule has 0 aliphatic rings. The van der Waals surface area contributed by atoms with E-state index in [4.69, 9.17) is 10.8 Å². The summed E-state index contributed by atoms with van der Waals surface area (Å²) in [4.78, 5) is 13.7. The molecule has 4 nitrogen and oxygen atoms in total. The molecule has 0 heterocycles. The third kappa shape index (κ3) is 4.34. The summed E-state index contributed by atoms with van der Waals surface area (Å²) < 4.78 is 13.8. The molecule has 0 bridgehead atoms. The Kier molecular flexibility index (Phi) is 6.71. The standard InChI is InChI=1S/C15H19FN2O2/c1-2-18(9-4-10-19)15(20)13-7-6-12(5-3-8-17)14(16)11-13/h6-7,11,19H,2,4,8-10,17H2,1H3. The molecule has 5 heteroatoms. The van der Waals surface area contributed by atoms with Crippen LogP contribution in [0.4, 0.5) is 4.39 Å². The molecule has 0 spiro atoms. The number of hydrogen-bond donors (Lipinski definition) is 2. The van der Waals surface area contributed by atoms with Crippen molar-refractivity contribution in [3.05, 3.63) is 35.1 Å². The predicted molar refractivity (Wildman–Crippen MR) is 75.6 cm³/mol. The minimum Gasteiger partial charge on any atom is -0.396 e. The van der Waals surface area contributed by atoms with Gasteiger partial charge in [-0.2, -0.15) is 0 Å². The van der Waals surface area contributed by atoms with Gasteiger partial charge in [-0.3, -0.25) is 4.79 Å². The predicted octanol–water partition coefficient (Wildman–Crippen LogP) is 0.980. The Balaban J connectivity index is 2.90. The van der Waals surface area contributed by atoms with E-state index in [0.29, 0.717) is 19.5 Å². The lowest BCUT2D eigenvalue weighted by Gasteiger charge is -2.20. The first-order valence-corrected chi connectivity index (χ1v) is 6.52. The first kappa shape index (κ1) is 16.2. The molecule has 0 aromatic heterocycles. The number of nitrogens with zero attached hydrogens (tertiary/aromatic N) is 1. The van der Waals surface area contributed by atoms with Crippen LogP contribution in [0.3, 0.4) is 0 Å². The average Bonchev–Trinajstić information content (AvgIpc) is 2.46. The van der Waals surface area contributed by atoms with Crippen molar-refractivity contribution in [2.75, 3.05) is 26.2 Å². The number of aliphatic hydroxyl groups excluding tert-OH is 1. The van der Waals surface area contributed by atoms with Crippen LogP contribution in [-0.4, -0.2) is 42.2 Å². The van der Waals surface area contributed by atoms with Gasteiger partial charge in [-0.25, -0.2) is 4.39 Å². The monoisotopic (exact) mass is 278 g/mol. The zero-order valence-corrected chi connectivity index (χ0v) is 11.5. The number of nitrogens with two attached hydrogens (primary N) is 1. The molecule has 0 aliphatic heterocycles. The van der Waals surface area contributed by atoms with Crippen LogP contribution in [0, 0.1) is 17.7 Å². The third-order valence-electron chi connectivity index (χ3n) is 2.80. The normalized spacial score (nSPS) is 9.80. The van der Waals surface area contributed by atoms with Gasteiger partial charge in [-0.1, -0.05) is 11.8 Å². The highest BCUT2D eigenvalue weighted by atomic mass is 19.1. The van der Waals surface area contributed by atoms with Gasteiger partial charge in [0.15, 0.2) is 0 Å². The molecule has 0 fully saturated rings. The third-order valence-corrected chi connectivity index (χ3v) is 2.80. The van der Waals surface area contributed by atoms with E-state index in [1.54, 1.807) is 11.0 Å². The summed E-state index contributed by atoms with van der Waals surface area (Å²) in [6.07, 6.45) is 0.502. The second-order valence-electron chi connectivity index (χ2n) is 4.16. The van der Waals surface area contributed by atoms with E-state index in [2.05, 4.69) is 11.8 Å². The highest BCUT2D eigenvalue weighted by molar-refractivity contribution is 5.94. The molecule has 1 aromatic rings. The molecule has 0 saturated heterocycles. The van der Waals surface area contributed by atoms with Crippen molar-refractivity contribution >= 4 is 5.91 Å². The maximum atomic E-state index is 13.8. The number of hydrogen-bond acceptors (Lipinski definition) is 3. The molecule has 0 saturated carbocycles. The van der Waals surface area contributed by atoms with Crippen LogP contribution >= 0.6 is 0 Å². The Morgan fingerprint density at radius 2 is 2.25 bits per heavy atom. The molecule has 3 N–H and O–H groups in total. The Morgan fingerprint density at radius 3 is 2.80 bits per heavy atom. The number of carbonyl (C=O) groups excluding carboxylic acids is 1. The highest BCUT2D eigenvalue weighted by Gasteiger charge is 2.15. The van der Waals surface area contributed by atoms with Gasteiger partial charge in [-0.15, -0.1) is 0 Å². The van der Waals surface area contributed by atoms with E-state index in [1.807, 2.05) is 6.92 Å². The zero-order chi connectivity index (χ0) is 15.0. The first-order valence-electron chi connectivity index (χ1n) is 6.52. The molecule has 1 rings (SSSR count). The topological polar surface area (TPSA) is 66.6 Å². The van der Waals surface area contributed by atoms with E-state index in [0.717, 1.165) is 0 Å². The van der Waals surface area contributed by atoms with Gasteiger partial charge in [0.1, 0.15) is 5.82 Å². The van der Waals surface area contributed by atoms with Gasteiger partial charge >= 0.3 is 0 Å². The fraction of sp³-hybridized carbons (Fsp3) is 0.400. The summed E-state index contributed by atoms with van der Waals surface area (Å²) in [5, 5.41) is 8.80. The van der Waals surface area contributed by atoms with Crippen molar-refractivity contribution in [2.24, 2.45) is 5.73 Å². The van der Waals surface area contributed by atoms with E-state index >= 15 is 0 Å². The van der Waals surface area contributed by atoms with Crippen molar-refractivity contribution in [3.63, 3.8) is 0 Å². The van der Waals surface area contributed by atoms with E-state index in [-0.39, 0.29) is 30.2 Å². The van der Waals surface area contributed by atoms with Gasteiger partial charge in [0, 0.05) is 25.3 Å². The minimum absolute atomic E-state index is 0.0196. The van der Waals surface area contributed by atoms with Crippen molar-refractivity contribution < 1.29 is 14.3 Å². The van der Waals surface area contributed by atoms with Crippen molar-refractivity contribution in [1.82, 2.24) is 4.90 Å². The summed E-state index contributed by atoms with van der Waals surface area (Å²) in [6, 6.07) is 4.21. The summed E-state index contributed by atoms with van der Waals surface area (Å²) in [7, 11) is 0. The average molecular weight is 278 g/mol. The van der Waals surface area contributed by atoms with Gasteiger partial charge in [0.2, 0.25) is 0 Å². The molecule has 108 valence electrons. The minimum atomic E-state index is -0.532. The van der Waals surface area contributed by atoms with E-state index in [9.17, 15) is 9.18 Å². The van der Waals surface area contributed by atoms with Crippen LogP contribution in [-0.2, 0) is 0 Å². The van der Waals surface area contributed by atoms with E-state index in [1.165, 1.54) is 12.1 Å². The molecule has 0 radical (unpaired) electrons. The van der Waals surface area contributed by atoms with Crippen molar-refractivity contribution in [1.29, 1.82) is 0 Å². The SMILES string of the molecule is CCN(CCCO)C(=O)c1ccc(C#CCN)c(F)c1. The van der Waals surface area contributed by atoms with Crippen LogP contribution in [0.15, 0.2) is 18.2 Å². The number of aliphatic hydroxyl groups is 1. The van der Waals surface area contributed by atoms with Gasteiger partial charge in [-0.05, 0) is 31.5 Å². The van der Waals surface area contributed by atoms with Crippen LogP contribution in [0.25, 0.3) is 0 Å². The number of rotatable bonds is 5. The number of carbonyl (C=O) groups is 1. The molecule has 0 unspecified atom stereocenters. The lowest BCUT2D eigenvalue weighted by atomic mass is 10.1. The maximum Gasteiger partial charge on any atom is 0.253 e. The Labute approximate surface area is 118 Å². The second kappa shape index (κ2) is 8.31. The lowest BCUT2D eigenvalue weighted by Crippen LogP contribution is -2.32. The molecule has 1 amide bonds. The molecular weight excluding hydrogens is 259 g/mol. The number of benzene rings is 1. The van der Waals surface area contributed by atoms with Crippen LogP contribution in [0.1, 0.15) is 29.3 Å². The largest absolute Gasteiger partial charge is 0.396 e. The lowest BCUT2D eigenvalue weighted by molar-refractivity contribution is 0.0754. The molecular formula is C15H19FN2O2. The molecule has 0 atom stereocenters. The van der Waals surface area contributed by atoms with Crippen molar-refractivity contribution in [2.45, 2.75) is 13.3 Å². The summed E-state index contributed by atoms with van der Waals surface area (Å²) >= 11 is 0. The molecule has 1 aromatic carbocycles. The number of amides is 1. The van der Waals surface area contributed by atoms with Crippen LogP contribution in [0.5, 0.6) is 0 Å². The Morgan fingerprint density at radius 1 is 1.50 bits per heavy atom. The van der Waals surface area contributed by atoms with Gasteiger partial charge in [0.25, 0.3) is 5.91 Å². The van der Waals surface area contributed by atoms with Gasteiger partial charge in [0.05, 0.1) is 12.1 Å². The van der Waals surface area contributed by atoms with Crippen LogP contribution < -0.4 is 5.73 Å². The van der Waals surface area contributed by atoms with Crippen molar-refractivity contribution in [3.8, 4) is 11.8 Å². The molecule has 0 aliphatic carbocycles. The summed E-state index contributed by atoms with van der Waals surface area (Å²) in [5.41, 5.74) is 5.74. The summed E-state index contributed by atoms with van der Waals surface area (Å²) in [5.74, 6) is 4.39. The maximum absolute atomic E-state index is 13.8. The fourth-order valence-corrected chi connectivity index (χ4v) is 1.74. The quantitative estimate of drug-likeness (QED) is 0.789. The fourth-order valence-electron chi connectivity index (χ4n) is 1.74. The summed E-state index contributed by atoms with van der Waals surface area (Å²) in [6.45, 7) is 2.97. The zero-order valence-electron chi connectivity index (χ0n) is 11.5. The van der Waals surface area contributed by atoms with E-state index < -0.39 is 5.82 Å². The molecule has 20 heavy (non-hydrogen) atoms. The second-order valence-corrected chi connectivity index (χ2v) is 4.16. The highest BCUT2D eigenvalue weighted by Crippen LogP contribution is 2.12. The first-order chi connectivity index (χ1) is 9.63. The van der Waals surface area contributed by atoms with Crippen LogP contribution in [0.2, 0.25) is 0 Å². The number of halogens is 1. The van der Waals surface area contributed by atoms with Gasteiger partial charge < -0.3 is 15.7 Å². The Bertz CT molecular complexity index is 520. The Hall–Kier alpha value is -1.90.